The maximum atomic E-state index is 11.7. The van der Waals surface area contributed by atoms with Gasteiger partial charge in [0.15, 0.2) is 11.6 Å². The topological polar surface area (TPSA) is 113 Å². The van der Waals surface area contributed by atoms with E-state index in [9.17, 15) is 19.2 Å². The van der Waals surface area contributed by atoms with E-state index >= 15 is 0 Å². The largest absolute Gasteiger partial charge is 0.396 e. The molecule has 1 heterocycles. The highest BCUT2D eigenvalue weighted by molar-refractivity contribution is 8.77. The lowest BCUT2D eigenvalue weighted by Gasteiger charge is -2.07. The molecule has 0 aromatic heterocycles. The molecule has 1 rings (SSSR count). The first kappa shape index (κ1) is 24.0. The minimum absolute atomic E-state index is 0.000942. The van der Waals surface area contributed by atoms with Crippen molar-refractivity contribution in [3.05, 3.63) is 0 Å². The number of Topliss-reactive ketones (excluding diaryl/α,β-unsaturated/α-hetero) is 2. The van der Waals surface area contributed by atoms with Crippen LogP contribution in [-0.2, 0) is 19.2 Å². The minimum atomic E-state index is -0.366. The third-order valence-corrected chi connectivity index (χ3v) is 7.12. The molecule has 1 fully saturated rings. The third kappa shape index (κ3) is 12.9. The summed E-state index contributed by atoms with van der Waals surface area (Å²) >= 11 is 0. The Balaban J connectivity index is 1.99. The van der Waals surface area contributed by atoms with E-state index < -0.39 is 0 Å². The second-order valence-corrected chi connectivity index (χ2v) is 9.32. The summed E-state index contributed by atoms with van der Waals surface area (Å²) in [5, 5.41) is 14.4. The standard InChI is InChI=1S/C18H30N2O5S2/c21-10-3-4-14(22)12-20-18(25)8-7-15(23)13-19-17(24)6-2-1-5-16-9-11-26-27-16/h16,21H,1-13H2,(H,19,24)(H,20,25). The molecular weight excluding hydrogens is 388 g/mol. The van der Waals surface area contributed by atoms with Crippen molar-refractivity contribution in [2.24, 2.45) is 0 Å². The van der Waals surface area contributed by atoms with Crippen LogP contribution in [0.5, 0.6) is 0 Å². The number of carbonyl (C=O) groups excluding carboxylic acids is 4. The van der Waals surface area contributed by atoms with E-state index in [1.54, 1.807) is 0 Å². The number of ketones is 2. The molecule has 1 aliphatic heterocycles. The Kier molecular flexibility index (Phi) is 13.3. The molecule has 0 saturated carbocycles. The molecule has 0 aliphatic carbocycles. The second kappa shape index (κ2) is 14.9. The van der Waals surface area contributed by atoms with E-state index in [1.807, 2.05) is 21.6 Å². The molecule has 1 atom stereocenters. The zero-order chi connectivity index (χ0) is 19.9. The van der Waals surface area contributed by atoms with Gasteiger partial charge in [-0.05, 0) is 25.7 Å². The molecule has 0 aromatic rings. The van der Waals surface area contributed by atoms with Crippen molar-refractivity contribution in [2.45, 2.75) is 63.0 Å². The van der Waals surface area contributed by atoms with Crippen LogP contribution in [0.2, 0.25) is 0 Å². The fourth-order valence-corrected chi connectivity index (χ4v) is 5.53. The van der Waals surface area contributed by atoms with Crippen LogP contribution in [-0.4, -0.2) is 59.2 Å². The molecule has 2 amide bonds. The zero-order valence-corrected chi connectivity index (χ0v) is 17.3. The molecule has 1 unspecified atom stereocenters. The normalized spacial score (nSPS) is 16.1. The first-order valence-corrected chi connectivity index (χ1v) is 11.9. The summed E-state index contributed by atoms with van der Waals surface area (Å²) in [5.74, 6) is 0.368. The summed E-state index contributed by atoms with van der Waals surface area (Å²) in [6.07, 6.45) is 5.31. The molecule has 1 aliphatic rings. The van der Waals surface area contributed by atoms with Crippen molar-refractivity contribution in [1.29, 1.82) is 0 Å². The lowest BCUT2D eigenvalue weighted by atomic mass is 10.1. The predicted molar refractivity (Wildman–Crippen MR) is 109 cm³/mol. The maximum Gasteiger partial charge on any atom is 0.220 e. The smallest absolute Gasteiger partial charge is 0.220 e. The molecule has 0 aromatic carbocycles. The Morgan fingerprint density at radius 3 is 2.15 bits per heavy atom. The van der Waals surface area contributed by atoms with Crippen LogP contribution in [0.15, 0.2) is 0 Å². The fraction of sp³-hybridized carbons (Fsp3) is 0.778. The van der Waals surface area contributed by atoms with Crippen molar-refractivity contribution >= 4 is 45.0 Å². The highest BCUT2D eigenvalue weighted by atomic mass is 33.1. The minimum Gasteiger partial charge on any atom is -0.396 e. The van der Waals surface area contributed by atoms with Crippen molar-refractivity contribution in [3.8, 4) is 0 Å². The van der Waals surface area contributed by atoms with Gasteiger partial charge in [-0.15, -0.1) is 0 Å². The molecule has 0 bridgehead atoms. The molecule has 9 heteroatoms. The summed E-state index contributed by atoms with van der Waals surface area (Å²) < 4.78 is 0. The Labute approximate surface area is 168 Å². The SMILES string of the molecule is O=C(CCC(=O)NCC(=O)CCCO)CNC(=O)CCCCC1CCSS1. The van der Waals surface area contributed by atoms with Crippen molar-refractivity contribution < 1.29 is 24.3 Å². The molecule has 154 valence electrons. The number of carbonyl (C=O) groups is 4. The Bertz CT molecular complexity index is 496. The van der Waals surface area contributed by atoms with Gasteiger partial charge in [0.05, 0.1) is 13.1 Å². The van der Waals surface area contributed by atoms with Gasteiger partial charge in [-0.2, -0.15) is 0 Å². The van der Waals surface area contributed by atoms with Gasteiger partial charge in [0.1, 0.15) is 0 Å². The van der Waals surface area contributed by atoms with Crippen LogP contribution in [0, 0.1) is 0 Å². The van der Waals surface area contributed by atoms with E-state index in [0.717, 1.165) is 24.5 Å². The van der Waals surface area contributed by atoms with Gasteiger partial charge >= 0.3 is 0 Å². The van der Waals surface area contributed by atoms with Gasteiger partial charge in [-0.25, -0.2) is 0 Å². The number of aliphatic hydroxyl groups is 1. The van der Waals surface area contributed by atoms with E-state index in [-0.39, 0.29) is 62.3 Å². The highest BCUT2D eigenvalue weighted by Crippen LogP contribution is 2.39. The number of unbranched alkanes of at least 4 members (excludes halogenated alkanes) is 1. The number of rotatable bonds is 15. The van der Waals surface area contributed by atoms with Gasteiger partial charge in [0, 0.05) is 43.3 Å². The van der Waals surface area contributed by atoms with E-state index in [0.29, 0.717) is 12.8 Å². The molecule has 7 nitrogen and oxygen atoms in total. The van der Waals surface area contributed by atoms with Crippen molar-refractivity contribution in [2.75, 3.05) is 25.4 Å². The number of amides is 2. The van der Waals surface area contributed by atoms with E-state index in [4.69, 9.17) is 5.11 Å². The lowest BCUT2D eigenvalue weighted by Crippen LogP contribution is -2.32. The summed E-state index contributed by atoms with van der Waals surface area (Å²) in [6, 6.07) is 0. The molecule has 3 N–H and O–H groups in total. The highest BCUT2D eigenvalue weighted by Gasteiger charge is 2.16. The van der Waals surface area contributed by atoms with Gasteiger partial charge in [0.25, 0.3) is 0 Å². The zero-order valence-electron chi connectivity index (χ0n) is 15.7. The first-order chi connectivity index (χ1) is 13.0. The van der Waals surface area contributed by atoms with Gasteiger partial charge in [0.2, 0.25) is 11.8 Å². The summed E-state index contributed by atoms with van der Waals surface area (Å²) in [6.45, 7) is -0.197. The lowest BCUT2D eigenvalue weighted by molar-refractivity contribution is -0.128. The summed E-state index contributed by atoms with van der Waals surface area (Å²) in [7, 11) is 3.86. The number of aliphatic hydroxyl groups excluding tert-OH is 1. The fourth-order valence-electron chi connectivity index (χ4n) is 2.50. The van der Waals surface area contributed by atoms with Gasteiger partial charge in [-0.3, -0.25) is 19.2 Å². The molecule has 27 heavy (non-hydrogen) atoms. The van der Waals surface area contributed by atoms with Gasteiger partial charge in [-0.1, -0.05) is 28.0 Å². The predicted octanol–water partition coefficient (Wildman–Crippen LogP) is 1.62. The van der Waals surface area contributed by atoms with E-state index in [2.05, 4.69) is 10.6 Å². The average molecular weight is 419 g/mol. The van der Waals surface area contributed by atoms with Crippen LogP contribution in [0.25, 0.3) is 0 Å². The van der Waals surface area contributed by atoms with Crippen LogP contribution in [0.1, 0.15) is 57.8 Å². The van der Waals surface area contributed by atoms with Crippen LogP contribution < -0.4 is 10.6 Å². The third-order valence-electron chi connectivity index (χ3n) is 4.12. The maximum absolute atomic E-state index is 11.7. The van der Waals surface area contributed by atoms with Crippen molar-refractivity contribution in [1.82, 2.24) is 10.6 Å². The quantitative estimate of drug-likeness (QED) is 0.274. The van der Waals surface area contributed by atoms with Crippen LogP contribution >= 0.6 is 21.6 Å². The number of nitrogens with one attached hydrogen (secondary N) is 2. The summed E-state index contributed by atoms with van der Waals surface area (Å²) in [5.41, 5.74) is 0. The number of hydrogen-bond donors (Lipinski definition) is 3. The van der Waals surface area contributed by atoms with E-state index in [1.165, 1.54) is 12.2 Å². The first-order valence-electron chi connectivity index (χ1n) is 9.47. The van der Waals surface area contributed by atoms with Crippen LogP contribution in [0.3, 0.4) is 0 Å². The molecule has 0 spiro atoms. The monoisotopic (exact) mass is 418 g/mol. The number of hydrogen-bond acceptors (Lipinski definition) is 7. The van der Waals surface area contributed by atoms with Crippen LogP contribution in [0.4, 0.5) is 0 Å². The summed E-state index contributed by atoms with van der Waals surface area (Å²) in [4.78, 5) is 46.4. The average Bonchev–Trinajstić information content (AvgIpc) is 3.18. The Morgan fingerprint density at radius 2 is 1.52 bits per heavy atom. The molecule has 1 saturated heterocycles. The van der Waals surface area contributed by atoms with Crippen molar-refractivity contribution in [3.63, 3.8) is 0 Å². The Morgan fingerprint density at radius 1 is 0.852 bits per heavy atom. The molecule has 0 radical (unpaired) electrons. The second-order valence-electron chi connectivity index (χ2n) is 6.53. The van der Waals surface area contributed by atoms with Gasteiger partial charge < -0.3 is 15.7 Å². The molecular formula is C18H30N2O5S2. The Hall–Kier alpha value is -1.06.